The number of methoxy groups -OCH3 is 1. The lowest BCUT2D eigenvalue weighted by Gasteiger charge is -2.23. The lowest BCUT2D eigenvalue weighted by Crippen LogP contribution is -2.34. The van der Waals surface area contributed by atoms with Crippen molar-refractivity contribution in [2.75, 3.05) is 19.1 Å². The molecule has 0 aliphatic rings. The molecule has 23 heavy (non-hydrogen) atoms. The molecule has 2 aromatic rings. The number of hydrogen-bond acceptors (Lipinski definition) is 6. The monoisotopic (exact) mass is 335 g/mol. The molecule has 0 aromatic carbocycles. The van der Waals surface area contributed by atoms with E-state index in [0.717, 1.165) is 21.3 Å². The summed E-state index contributed by atoms with van der Waals surface area (Å²) in [5.41, 5.74) is 1.08. The van der Waals surface area contributed by atoms with Gasteiger partial charge in [0.15, 0.2) is 0 Å². The molecule has 6 nitrogen and oxygen atoms in total. The van der Waals surface area contributed by atoms with Gasteiger partial charge in [0.1, 0.15) is 21.4 Å². The van der Waals surface area contributed by atoms with Crippen molar-refractivity contribution in [1.82, 2.24) is 9.97 Å². The molecule has 0 N–H and O–H groups in total. The number of aryl methyl sites for hydroxylation is 1. The van der Waals surface area contributed by atoms with Crippen LogP contribution in [-0.4, -0.2) is 35.8 Å². The summed E-state index contributed by atoms with van der Waals surface area (Å²) >= 11 is 1.41. The molecule has 2 heterocycles. The van der Waals surface area contributed by atoms with Gasteiger partial charge in [-0.25, -0.2) is 9.78 Å². The van der Waals surface area contributed by atoms with E-state index in [1.54, 1.807) is 26.6 Å². The van der Waals surface area contributed by atoms with Crippen LogP contribution in [0.2, 0.25) is 0 Å². The highest BCUT2D eigenvalue weighted by molar-refractivity contribution is 7.19. The fourth-order valence-electron chi connectivity index (χ4n) is 1.88. The number of pyridine rings is 1. The molecule has 124 valence electrons. The minimum Gasteiger partial charge on any atom is -0.495 e. The zero-order valence-corrected chi connectivity index (χ0v) is 15.0. The average molecular weight is 335 g/mol. The third kappa shape index (κ3) is 4.19. The average Bonchev–Trinajstić information content (AvgIpc) is 2.86. The summed E-state index contributed by atoms with van der Waals surface area (Å²) in [6.07, 6.45) is 2.95. The molecule has 0 radical (unpaired) electrons. The fourth-order valence-corrected chi connectivity index (χ4v) is 2.88. The number of thiazole rings is 1. The highest BCUT2D eigenvalue weighted by Gasteiger charge is 2.24. The van der Waals surface area contributed by atoms with Crippen LogP contribution in [-0.2, 0) is 4.74 Å². The molecule has 2 rings (SSSR count). The van der Waals surface area contributed by atoms with Gasteiger partial charge in [-0.1, -0.05) is 11.3 Å². The van der Waals surface area contributed by atoms with E-state index in [-0.39, 0.29) is 0 Å². The maximum atomic E-state index is 12.2. The summed E-state index contributed by atoms with van der Waals surface area (Å²) in [6, 6.07) is 1.86. The SMILES string of the molecule is COc1cncc(-c2nc(C)c(N(C)C(=O)OC(C)(C)C)s2)c1. The maximum absolute atomic E-state index is 12.2. The van der Waals surface area contributed by atoms with E-state index in [2.05, 4.69) is 9.97 Å². The molecular formula is C16H21N3O3S. The molecule has 0 aliphatic heterocycles. The number of carbonyl (C=O) groups excluding carboxylic acids is 1. The van der Waals surface area contributed by atoms with Gasteiger partial charge in [-0.3, -0.25) is 9.88 Å². The lowest BCUT2D eigenvalue weighted by atomic mass is 10.2. The van der Waals surface area contributed by atoms with E-state index in [1.807, 2.05) is 33.8 Å². The number of aromatic nitrogens is 2. The Hall–Kier alpha value is -2.15. The van der Waals surface area contributed by atoms with Crippen LogP contribution >= 0.6 is 11.3 Å². The van der Waals surface area contributed by atoms with E-state index >= 15 is 0 Å². The van der Waals surface area contributed by atoms with Crippen LogP contribution in [0.3, 0.4) is 0 Å². The first-order valence-corrected chi connectivity index (χ1v) is 7.96. The fraction of sp³-hybridized carbons (Fsp3) is 0.438. The van der Waals surface area contributed by atoms with E-state index in [1.165, 1.54) is 16.2 Å². The zero-order chi connectivity index (χ0) is 17.2. The van der Waals surface area contributed by atoms with E-state index in [0.29, 0.717) is 5.75 Å². The summed E-state index contributed by atoms with van der Waals surface area (Å²) in [7, 11) is 3.28. The van der Waals surface area contributed by atoms with Crippen LogP contribution in [0.1, 0.15) is 26.5 Å². The summed E-state index contributed by atoms with van der Waals surface area (Å²) < 4.78 is 10.6. The van der Waals surface area contributed by atoms with Gasteiger partial charge in [-0.05, 0) is 33.8 Å². The van der Waals surface area contributed by atoms with E-state index in [4.69, 9.17) is 9.47 Å². The van der Waals surface area contributed by atoms with Crippen molar-refractivity contribution in [3.8, 4) is 16.3 Å². The second kappa shape index (κ2) is 6.54. The smallest absolute Gasteiger partial charge is 0.415 e. The highest BCUT2D eigenvalue weighted by Crippen LogP contribution is 2.35. The van der Waals surface area contributed by atoms with Crippen LogP contribution in [0.25, 0.3) is 10.6 Å². The van der Waals surface area contributed by atoms with Gasteiger partial charge in [-0.15, -0.1) is 0 Å². The van der Waals surface area contributed by atoms with Crippen LogP contribution in [0.5, 0.6) is 5.75 Å². The largest absolute Gasteiger partial charge is 0.495 e. The summed E-state index contributed by atoms with van der Waals surface area (Å²) in [5.74, 6) is 0.664. The second-order valence-electron chi connectivity index (χ2n) is 6.06. The second-order valence-corrected chi connectivity index (χ2v) is 7.04. The van der Waals surface area contributed by atoms with Crippen molar-refractivity contribution >= 4 is 22.4 Å². The van der Waals surface area contributed by atoms with Gasteiger partial charge < -0.3 is 9.47 Å². The predicted molar refractivity (Wildman–Crippen MR) is 91.3 cm³/mol. The minimum absolute atomic E-state index is 0.403. The van der Waals surface area contributed by atoms with Crippen LogP contribution in [0, 0.1) is 6.92 Å². The Kier molecular flexibility index (Phi) is 4.89. The number of rotatable bonds is 3. The third-order valence-corrected chi connectivity index (χ3v) is 4.22. The number of ether oxygens (including phenoxy) is 2. The molecule has 0 unspecified atom stereocenters. The Morgan fingerprint density at radius 3 is 2.61 bits per heavy atom. The van der Waals surface area contributed by atoms with E-state index < -0.39 is 11.7 Å². The van der Waals surface area contributed by atoms with Crippen LogP contribution in [0.4, 0.5) is 9.80 Å². The Morgan fingerprint density at radius 2 is 2.00 bits per heavy atom. The van der Waals surface area contributed by atoms with Gasteiger partial charge in [0.2, 0.25) is 0 Å². The Balaban J connectivity index is 2.28. The van der Waals surface area contributed by atoms with E-state index in [9.17, 15) is 4.79 Å². The number of amides is 1. The van der Waals surface area contributed by atoms with Crippen LogP contribution in [0.15, 0.2) is 18.5 Å². The van der Waals surface area contributed by atoms with Crippen LogP contribution < -0.4 is 9.64 Å². The van der Waals surface area contributed by atoms with Gasteiger partial charge in [0.25, 0.3) is 0 Å². The molecular weight excluding hydrogens is 314 g/mol. The topological polar surface area (TPSA) is 64.6 Å². The molecule has 0 spiro atoms. The zero-order valence-electron chi connectivity index (χ0n) is 14.2. The molecule has 1 amide bonds. The normalized spacial score (nSPS) is 11.2. The van der Waals surface area contributed by atoms with Gasteiger partial charge in [0, 0.05) is 18.8 Å². The Morgan fingerprint density at radius 1 is 1.30 bits per heavy atom. The molecule has 0 fully saturated rings. The maximum Gasteiger partial charge on any atom is 0.415 e. The molecule has 0 saturated carbocycles. The molecule has 7 heteroatoms. The number of carbonyl (C=O) groups is 1. The first kappa shape index (κ1) is 17.2. The Bertz CT molecular complexity index is 707. The van der Waals surface area contributed by atoms with Gasteiger partial charge >= 0.3 is 6.09 Å². The summed E-state index contributed by atoms with van der Waals surface area (Å²) in [6.45, 7) is 7.38. The quantitative estimate of drug-likeness (QED) is 0.851. The van der Waals surface area contributed by atoms with Crippen molar-refractivity contribution in [2.45, 2.75) is 33.3 Å². The molecule has 0 saturated heterocycles. The number of hydrogen-bond donors (Lipinski definition) is 0. The predicted octanol–water partition coefficient (Wildman–Crippen LogP) is 3.89. The summed E-state index contributed by atoms with van der Waals surface area (Å²) in [4.78, 5) is 22.4. The van der Waals surface area contributed by atoms with Crippen molar-refractivity contribution < 1.29 is 14.3 Å². The third-order valence-electron chi connectivity index (χ3n) is 2.94. The first-order valence-electron chi connectivity index (χ1n) is 7.15. The highest BCUT2D eigenvalue weighted by atomic mass is 32.1. The van der Waals surface area contributed by atoms with Crippen molar-refractivity contribution in [3.05, 3.63) is 24.2 Å². The van der Waals surface area contributed by atoms with Gasteiger partial charge in [-0.2, -0.15) is 0 Å². The van der Waals surface area contributed by atoms with Gasteiger partial charge in [0.05, 0.1) is 19.0 Å². The van der Waals surface area contributed by atoms with Crippen molar-refractivity contribution in [3.63, 3.8) is 0 Å². The molecule has 0 bridgehead atoms. The molecule has 2 aromatic heterocycles. The van der Waals surface area contributed by atoms with Crippen molar-refractivity contribution in [2.24, 2.45) is 0 Å². The standard InChI is InChI=1S/C16H21N3O3S/c1-10-14(19(5)15(20)22-16(2,3)4)23-13(18-10)11-7-12(21-6)9-17-8-11/h7-9H,1-6H3. The summed E-state index contributed by atoms with van der Waals surface area (Å²) in [5, 5.41) is 1.52. The number of anilines is 1. The molecule has 0 atom stereocenters. The molecule has 0 aliphatic carbocycles. The Labute approximate surface area is 140 Å². The minimum atomic E-state index is -0.538. The first-order chi connectivity index (χ1) is 10.7. The van der Waals surface area contributed by atoms with Crippen molar-refractivity contribution in [1.29, 1.82) is 0 Å². The lowest BCUT2D eigenvalue weighted by molar-refractivity contribution is 0.0590. The number of nitrogens with zero attached hydrogens (tertiary/aromatic N) is 3.